The van der Waals surface area contributed by atoms with Crippen LogP contribution in [0.4, 0.5) is 17.2 Å². The SMILES string of the molecule is Cc1cc(C)c(N(CC(N)=O)C2CCN(c3ccccc3C#N)CC2)cc1C(=O)N1CCN(c2ncccc2S(N)(=O)=O)CC1. The van der Waals surface area contributed by atoms with Gasteiger partial charge in [-0.1, -0.05) is 18.2 Å². The number of piperazine rings is 1. The molecule has 0 unspecified atom stereocenters. The van der Waals surface area contributed by atoms with E-state index in [2.05, 4.69) is 16.0 Å². The van der Waals surface area contributed by atoms with Crippen molar-refractivity contribution in [3.8, 4) is 6.07 Å². The number of pyridine rings is 1. The van der Waals surface area contributed by atoms with Crippen LogP contribution in [0.1, 0.15) is 39.9 Å². The highest BCUT2D eigenvalue weighted by atomic mass is 32.2. The summed E-state index contributed by atoms with van der Waals surface area (Å²) in [6.45, 7) is 6.84. The van der Waals surface area contributed by atoms with Crippen LogP contribution in [0.3, 0.4) is 0 Å². The monoisotopic (exact) mass is 630 g/mol. The number of rotatable bonds is 8. The number of piperidine rings is 1. The molecule has 3 aromatic rings. The Kier molecular flexibility index (Phi) is 9.27. The first-order chi connectivity index (χ1) is 21.5. The quantitative estimate of drug-likeness (QED) is 0.379. The van der Waals surface area contributed by atoms with Crippen LogP contribution in [-0.4, -0.2) is 82.0 Å². The Balaban J connectivity index is 1.34. The smallest absolute Gasteiger partial charge is 0.254 e. The van der Waals surface area contributed by atoms with Crippen molar-refractivity contribution in [2.45, 2.75) is 37.6 Å². The summed E-state index contributed by atoms with van der Waals surface area (Å²) >= 11 is 0. The van der Waals surface area contributed by atoms with Crippen molar-refractivity contribution in [3.63, 3.8) is 0 Å². The lowest BCUT2D eigenvalue weighted by Crippen LogP contribution is -2.50. The van der Waals surface area contributed by atoms with Crippen molar-refractivity contribution in [2.75, 3.05) is 60.5 Å². The van der Waals surface area contributed by atoms with E-state index < -0.39 is 15.9 Å². The summed E-state index contributed by atoms with van der Waals surface area (Å²) in [5.74, 6) is -0.308. The number of carbonyl (C=O) groups is 2. The van der Waals surface area contributed by atoms with Gasteiger partial charge in [-0.3, -0.25) is 9.59 Å². The first kappa shape index (κ1) is 31.7. The summed E-state index contributed by atoms with van der Waals surface area (Å²) < 4.78 is 24.2. The maximum absolute atomic E-state index is 13.9. The Morgan fingerprint density at radius 1 is 0.978 bits per heavy atom. The number of anilines is 3. The highest BCUT2D eigenvalue weighted by molar-refractivity contribution is 7.89. The zero-order valence-corrected chi connectivity index (χ0v) is 26.3. The summed E-state index contributed by atoms with van der Waals surface area (Å²) in [6, 6.07) is 16.6. The summed E-state index contributed by atoms with van der Waals surface area (Å²) in [6.07, 6.45) is 3.02. The molecule has 3 heterocycles. The molecule has 12 nitrogen and oxygen atoms in total. The van der Waals surface area contributed by atoms with Crippen LogP contribution < -0.4 is 25.6 Å². The molecule has 1 aromatic heterocycles. The molecule has 13 heteroatoms. The number of nitrogens with two attached hydrogens (primary N) is 2. The van der Waals surface area contributed by atoms with Gasteiger partial charge in [-0.15, -0.1) is 0 Å². The van der Waals surface area contributed by atoms with Gasteiger partial charge in [0.15, 0.2) is 0 Å². The summed E-state index contributed by atoms with van der Waals surface area (Å²) in [5.41, 5.74) is 10.4. The molecule has 4 N–H and O–H groups in total. The molecule has 2 saturated heterocycles. The molecule has 0 saturated carbocycles. The van der Waals surface area contributed by atoms with Crippen molar-refractivity contribution < 1.29 is 18.0 Å². The average molecular weight is 631 g/mol. The fourth-order valence-electron chi connectivity index (χ4n) is 6.36. The number of amides is 2. The zero-order chi connectivity index (χ0) is 32.3. The minimum Gasteiger partial charge on any atom is -0.370 e. The third-order valence-corrected chi connectivity index (χ3v) is 9.53. The molecule has 2 aliphatic rings. The number of benzene rings is 2. The number of carbonyl (C=O) groups excluding carboxylic acids is 2. The highest BCUT2D eigenvalue weighted by Crippen LogP contribution is 2.32. The van der Waals surface area contributed by atoms with Crippen LogP contribution in [0.5, 0.6) is 0 Å². The Morgan fingerprint density at radius 2 is 1.67 bits per heavy atom. The summed E-state index contributed by atoms with van der Waals surface area (Å²) in [7, 11) is -3.95. The Labute approximate surface area is 263 Å². The number of nitriles is 1. The van der Waals surface area contributed by atoms with E-state index in [1.165, 1.54) is 18.3 Å². The lowest BCUT2D eigenvalue weighted by Gasteiger charge is -2.41. The van der Waals surface area contributed by atoms with Crippen LogP contribution in [0.25, 0.3) is 0 Å². The lowest BCUT2D eigenvalue weighted by atomic mass is 9.97. The Morgan fingerprint density at radius 3 is 2.31 bits per heavy atom. The largest absolute Gasteiger partial charge is 0.370 e. The minimum absolute atomic E-state index is 0.0160. The van der Waals surface area contributed by atoms with E-state index in [4.69, 9.17) is 10.9 Å². The summed E-state index contributed by atoms with van der Waals surface area (Å²) in [4.78, 5) is 38.2. The molecule has 5 rings (SSSR count). The maximum Gasteiger partial charge on any atom is 0.254 e. The van der Waals surface area contributed by atoms with E-state index in [0.717, 1.165) is 35.3 Å². The molecule has 2 fully saturated rings. The molecule has 0 bridgehead atoms. The van der Waals surface area contributed by atoms with Gasteiger partial charge < -0.3 is 25.3 Å². The van der Waals surface area contributed by atoms with Gasteiger partial charge in [-0.2, -0.15) is 5.26 Å². The van der Waals surface area contributed by atoms with Gasteiger partial charge in [0.25, 0.3) is 5.91 Å². The van der Waals surface area contributed by atoms with E-state index in [0.29, 0.717) is 50.4 Å². The standard InChI is InChI=1S/C32H38N8O4S/c1-22-18-23(2)28(40(21-30(34)41)25-9-12-37(13-10-25)27-7-4-3-6-24(27)20-33)19-26(22)32(42)39-16-14-38(15-17-39)31-29(45(35,43)44)8-5-11-36-31/h3-8,11,18-19,25H,9-10,12-17,21H2,1-2H3,(H2,34,41)(H2,35,43,44). The number of para-hydroxylation sites is 1. The number of nitrogens with zero attached hydrogens (tertiary/aromatic N) is 6. The number of primary amides is 1. The van der Waals surface area contributed by atoms with E-state index in [1.807, 2.05) is 60.0 Å². The van der Waals surface area contributed by atoms with Crippen molar-refractivity contribution in [1.82, 2.24) is 9.88 Å². The number of aromatic nitrogens is 1. The van der Waals surface area contributed by atoms with Crippen molar-refractivity contribution >= 4 is 39.0 Å². The number of aryl methyl sites for hydroxylation is 2. The van der Waals surface area contributed by atoms with E-state index in [9.17, 15) is 23.3 Å². The van der Waals surface area contributed by atoms with Crippen molar-refractivity contribution in [3.05, 3.63) is 77.0 Å². The topological polar surface area (TPSA) is 170 Å². The number of sulfonamides is 1. The lowest BCUT2D eigenvalue weighted by molar-refractivity contribution is -0.116. The second-order valence-corrected chi connectivity index (χ2v) is 13.1. The molecular formula is C32H38N8O4S. The second kappa shape index (κ2) is 13.1. The van der Waals surface area contributed by atoms with Crippen molar-refractivity contribution in [2.24, 2.45) is 10.9 Å². The van der Waals surface area contributed by atoms with Gasteiger partial charge in [-0.25, -0.2) is 18.5 Å². The van der Waals surface area contributed by atoms with Crippen molar-refractivity contribution in [1.29, 1.82) is 5.26 Å². The molecular weight excluding hydrogens is 592 g/mol. The highest BCUT2D eigenvalue weighted by Gasteiger charge is 2.31. The van der Waals surface area contributed by atoms with Crippen LogP contribution in [-0.2, 0) is 14.8 Å². The molecule has 2 aliphatic heterocycles. The second-order valence-electron chi connectivity index (χ2n) is 11.5. The van der Waals surface area contributed by atoms with E-state index in [1.54, 1.807) is 4.90 Å². The summed E-state index contributed by atoms with van der Waals surface area (Å²) in [5, 5.41) is 15.0. The van der Waals surface area contributed by atoms with E-state index in [-0.39, 0.29) is 29.2 Å². The minimum atomic E-state index is -3.95. The Hall–Kier alpha value is -4.67. The molecule has 45 heavy (non-hydrogen) atoms. The molecule has 2 amide bonds. The number of hydrogen-bond acceptors (Lipinski definition) is 9. The van der Waals surface area contributed by atoms with Gasteiger partial charge in [0, 0.05) is 62.8 Å². The average Bonchev–Trinajstić information content (AvgIpc) is 3.03. The molecule has 0 aliphatic carbocycles. The van der Waals surface area contributed by atoms with Crippen LogP contribution in [0, 0.1) is 25.2 Å². The first-order valence-corrected chi connectivity index (χ1v) is 16.4. The van der Waals surface area contributed by atoms with Gasteiger partial charge >= 0.3 is 0 Å². The third-order valence-electron chi connectivity index (χ3n) is 8.60. The van der Waals surface area contributed by atoms with Gasteiger partial charge in [-0.05, 0) is 68.1 Å². The van der Waals surface area contributed by atoms with Gasteiger partial charge in [0.2, 0.25) is 15.9 Å². The molecule has 236 valence electrons. The molecule has 0 radical (unpaired) electrons. The van der Waals surface area contributed by atoms with Crippen LogP contribution in [0.2, 0.25) is 0 Å². The predicted octanol–water partition coefficient (Wildman–Crippen LogP) is 2.14. The van der Waals surface area contributed by atoms with Crippen LogP contribution >= 0.6 is 0 Å². The van der Waals surface area contributed by atoms with Gasteiger partial charge in [0.1, 0.15) is 16.8 Å². The van der Waals surface area contributed by atoms with E-state index >= 15 is 0 Å². The number of hydrogen-bond donors (Lipinski definition) is 2. The first-order valence-electron chi connectivity index (χ1n) is 14.9. The fraction of sp³-hybridized carbons (Fsp3) is 0.375. The third kappa shape index (κ3) is 6.87. The Bertz CT molecular complexity index is 1740. The molecule has 0 atom stereocenters. The molecule has 0 spiro atoms. The van der Waals surface area contributed by atoms with Gasteiger partial charge in [0.05, 0.1) is 17.8 Å². The molecule has 2 aromatic carbocycles. The number of primary sulfonamides is 1. The maximum atomic E-state index is 13.9. The van der Waals surface area contributed by atoms with Crippen LogP contribution in [0.15, 0.2) is 59.6 Å². The predicted molar refractivity (Wildman–Crippen MR) is 173 cm³/mol. The zero-order valence-electron chi connectivity index (χ0n) is 25.5. The normalized spacial score (nSPS) is 15.9. The fourth-order valence-corrected chi connectivity index (χ4v) is 7.06.